The molecule has 0 bridgehead atoms. The SMILES string of the molecule is CC(COS(=O)(=O)O)OS(=O)O. The Bertz CT molecular complexity index is 243. The van der Waals surface area contributed by atoms with E-state index in [1.807, 2.05) is 0 Å². The van der Waals surface area contributed by atoms with Crippen molar-refractivity contribution in [3.8, 4) is 0 Å². The van der Waals surface area contributed by atoms with E-state index in [4.69, 9.17) is 9.11 Å². The third-order valence-corrected chi connectivity index (χ3v) is 1.63. The van der Waals surface area contributed by atoms with Crippen molar-refractivity contribution in [2.75, 3.05) is 6.61 Å². The fourth-order valence-corrected chi connectivity index (χ4v) is 1.05. The average molecular weight is 220 g/mol. The summed E-state index contributed by atoms with van der Waals surface area (Å²) in [7, 11) is -4.52. The lowest BCUT2D eigenvalue weighted by molar-refractivity contribution is 0.139. The molecule has 0 aliphatic heterocycles. The smallest absolute Gasteiger partial charge is 0.284 e. The zero-order chi connectivity index (χ0) is 9.78. The molecule has 0 fully saturated rings. The van der Waals surface area contributed by atoms with Gasteiger partial charge in [0.1, 0.15) is 0 Å². The van der Waals surface area contributed by atoms with Gasteiger partial charge in [-0.2, -0.15) is 12.6 Å². The lowest BCUT2D eigenvalue weighted by Crippen LogP contribution is -2.19. The van der Waals surface area contributed by atoms with Crippen molar-refractivity contribution in [2.24, 2.45) is 0 Å². The first-order valence-electron chi connectivity index (χ1n) is 2.71. The zero-order valence-electron chi connectivity index (χ0n) is 6.04. The summed E-state index contributed by atoms with van der Waals surface area (Å²) in [5.74, 6) is 0. The van der Waals surface area contributed by atoms with Crippen LogP contribution < -0.4 is 0 Å². The topological polar surface area (TPSA) is 110 Å². The van der Waals surface area contributed by atoms with Crippen molar-refractivity contribution < 1.29 is 30.1 Å². The summed E-state index contributed by atoms with van der Waals surface area (Å²) in [5.41, 5.74) is 0. The average Bonchev–Trinajstić information content (AvgIpc) is 1.80. The number of rotatable bonds is 5. The van der Waals surface area contributed by atoms with E-state index >= 15 is 0 Å². The van der Waals surface area contributed by atoms with Gasteiger partial charge in [-0.3, -0.25) is 13.3 Å². The van der Waals surface area contributed by atoms with Gasteiger partial charge in [-0.25, -0.2) is 4.18 Å². The quantitative estimate of drug-likeness (QED) is 0.467. The molecule has 0 saturated carbocycles. The Morgan fingerprint density at radius 2 is 2.08 bits per heavy atom. The van der Waals surface area contributed by atoms with Crippen LogP contribution in [0.4, 0.5) is 0 Å². The first-order chi connectivity index (χ1) is 5.31. The van der Waals surface area contributed by atoms with E-state index in [-0.39, 0.29) is 0 Å². The second kappa shape index (κ2) is 4.84. The van der Waals surface area contributed by atoms with Crippen LogP contribution in [-0.4, -0.2) is 34.4 Å². The molecule has 0 aromatic heterocycles. The molecule has 2 unspecified atom stereocenters. The number of hydrogen-bond donors (Lipinski definition) is 2. The van der Waals surface area contributed by atoms with E-state index in [0.717, 1.165) is 0 Å². The summed E-state index contributed by atoms with van der Waals surface area (Å²) in [6.45, 7) is 0.782. The summed E-state index contributed by atoms with van der Waals surface area (Å²) in [4.78, 5) is 0. The van der Waals surface area contributed by atoms with Crippen LogP contribution in [0.15, 0.2) is 0 Å². The van der Waals surface area contributed by atoms with Crippen molar-refractivity contribution in [3.63, 3.8) is 0 Å². The predicted octanol–water partition coefficient (Wildman–Crippen LogP) is -0.652. The van der Waals surface area contributed by atoms with Crippen molar-refractivity contribution in [2.45, 2.75) is 13.0 Å². The molecule has 2 atom stereocenters. The molecular formula is C3H8O7S2. The van der Waals surface area contributed by atoms with Gasteiger partial charge in [0.15, 0.2) is 0 Å². The molecule has 0 rings (SSSR count). The normalized spacial score (nSPS) is 17.2. The van der Waals surface area contributed by atoms with Crippen molar-refractivity contribution in [1.82, 2.24) is 0 Å². The monoisotopic (exact) mass is 220 g/mol. The summed E-state index contributed by atoms with van der Waals surface area (Å²) >= 11 is -2.48. The molecule has 7 nitrogen and oxygen atoms in total. The number of hydrogen-bond acceptors (Lipinski definition) is 5. The van der Waals surface area contributed by atoms with Crippen LogP contribution in [0.1, 0.15) is 6.92 Å². The molecule has 0 saturated heterocycles. The van der Waals surface area contributed by atoms with Gasteiger partial charge in [-0.05, 0) is 6.92 Å². The van der Waals surface area contributed by atoms with Gasteiger partial charge >= 0.3 is 21.8 Å². The van der Waals surface area contributed by atoms with Crippen LogP contribution in [0, 0.1) is 0 Å². The highest BCUT2D eigenvalue weighted by atomic mass is 32.3. The molecule has 0 aliphatic rings. The maximum absolute atomic E-state index is 9.96. The Morgan fingerprint density at radius 1 is 1.58 bits per heavy atom. The van der Waals surface area contributed by atoms with Gasteiger partial charge in [0.2, 0.25) is 0 Å². The van der Waals surface area contributed by atoms with Crippen LogP contribution >= 0.6 is 0 Å². The van der Waals surface area contributed by atoms with Crippen LogP contribution in [0.3, 0.4) is 0 Å². The summed E-state index contributed by atoms with van der Waals surface area (Å²) in [5, 5.41) is 0. The minimum absolute atomic E-state index is 0.523. The van der Waals surface area contributed by atoms with E-state index in [0.29, 0.717) is 0 Å². The molecule has 0 radical (unpaired) electrons. The molecule has 0 aromatic carbocycles. The highest BCUT2D eigenvalue weighted by molar-refractivity contribution is 7.80. The fourth-order valence-electron chi connectivity index (χ4n) is 0.350. The van der Waals surface area contributed by atoms with Crippen LogP contribution in [0.25, 0.3) is 0 Å². The standard InChI is InChI=1S/C3H8O7S2/c1-3(10-11(4)5)2-9-12(6,7)8/h3H,2H2,1H3,(H,4,5)(H,6,7,8). The minimum Gasteiger partial charge on any atom is -0.284 e. The molecule has 2 N–H and O–H groups in total. The Hall–Kier alpha value is -0.0600. The molecule has 12 heavy (non-hydrogen) atoms. The van der Waals surface area contributed by atoms with E-state index in [2.05, 4.69) is 8.37 Å². The van der Waals surface area contributed by atoms with Crippen LogP contribution in [0.5, 0.6) is 0 Å². The Kier molecular flexibility index (Phi) is 4.82. The van der Waals surface area contributed by atoms with Crippen molar-refractivity contribution in [3.05, 3.63) is 0 Å². The maximum atomic E-state index is 9.96. The van der Waals surface area contributed by atoms with Gasteiger partial charge in [0.05, 0.1) is 12.7 Å². The maximum Gasteiger partial charge on any atom is 0.397 e. The van der Waals surface area contributed by atoms with Crippen molar-refractivity contribution >= 4 is 21.8 Å². The summed E-state index contributed by atoms with van der Waals surface area (Å²) in [6.07, 6.45) is -0.905. The summed E-state index contributed by atoms with van der Waals surface area (Å²) in [6, 6.07) is 0. The molecule has 0 heterocycles. The molecule has 0 spiro atoms. The van der Waals surface area contributed by atoms with Gasteiger partial charge in [-0.15, -0.1) is 0 Å². The Labute approximate surface area is 72.1 Å². The van der Waals surface area contributed by atoms with Gasteiger partial charge < -0.3 is 0 Å². The lowest BCUT2D eigenvalue weighted by Gasteiger charge is -2.06. The summed E-state index contributed by atoms with van der Waals surface area (Å²) < 4.78 is 54.1. The zero-order valence-corrected chi connectivity index (χ0v) is 7.67. The third-order valence-electron chi connectivity index (χ3n) is 0.698. The van der Waals surface area contributed by atoms with E-state index < -0.39 is 34.5 Å². The Balaban J connectivity index is 3.72. The predicted molar refractivity (Wildman–Crippen MR) is 38.8 cm³/mol. The third kappa shape index (κ3) is 8.04. The second-order valence-electron chi connectivity index (χ2n) is 1.84. The first kappa shape index (κ1) is 11.9. The molecule has 0 aromatic rings. The molecule has 0 aliphatic carbocycles. The minimum atomic E-state index is -4.52. The molecular weight excluding hydrogens is 212 g/mol. The van der Waals surface area contributed by atoms with Gasteiger partial charge in [0, 0.05) is 0 Å². The highest BCUT2D eigenvalue weighted by Gasteiger charge is 2.11. The van der Waals surface area contributed by atoms with Crippen LogP contribution in [0.2, 0.25) is 0 Å². The van der Waals surface area contributed by atoms with E-state index in [9.17, 15) is 12.6 Å². The van der Waals surface area contributed by atoms with Crippen LogP contribution in [-0.2, 0) is 30.1 Å². The fraction of sp³-hybridized carbons (Fsp3) is 1.00. The van der Waals surface area contributed by atoms with Gasteiger partial charge in [0.25, 0.3) is 0 Å². The van der Waals surface area contributed by atoms with E-state index in [1.165, 1.54) is 6.92 Å². The Morgan fingerprint density at radius 3 is 2.42 bits per heavy atom. The highest BCUT2D eigenvalue weighted by Crippen LogP contribution is 1.96. The second-order valence-corrected chi connectivity index (χ2v) is 3.55. The van der Waals surface area contributed by atoms with Crippen molar-refractivity contribution in [1.29, 1.82) is 0 Å². The first-order valence-corrected chi connectivity index (χ1v) is 5.11. The molecule has 0 amide bonds. The molecule has 9 heteroatoms. The molecule has 74 valence electrons. The largest absolute Gasteiger partial charge is 0.397 e. The van der Waals surface area contributed by atoms with Gasteiger partial charge in [-0.1, -0.05) is 0 Å². The lowest BCUT2D eigenvalue weighted by atomic mass is 10.5. The van der Waals surface area contributed by atoms with E-state index in [1.54, 1.807) is 0 Å².